The Morgan fingerprint density at radius 2 is 1.90 bits per heavy atom. The van der Waals surface area contributed by atoms with Crippen LogP contribution in [0.4, 0.5) is 5.95 Å². The highest BCUT2D eigenvalue weighted by molar-refractivity contribution is 5.96. The molecular weight excluding hydrogens is 382 g/mol. The first kappa shape index (κ1) is 19.5. The third-order valence-electron chi connectivity index (χ3n) is 4.97. The molecule has 1 atom stereocenters. The molecule has 0 radical (unpaired) electrons. The van der Waals surface area contributed by atoms with Gasteiger partial charge >= 0.3 is 5.97 Å². The van der Waals surface area contributed by atoms with Gasteiger partial charge in [-0.2, -0.15) is 0 Å². The highest BCUT2D eigenvalue weighted by Gasteiger charge is 2.26. The zero-order valence-corrected chi connectivity index (χ0v) is 16.5. The van der Waals surface area contributed by atoms with Crippen molar-refractivity contribution in [2.45, 2.75) is 12.5 Å². The molecule has 1 aliphatic rings. The van der Waals surface area contributed by atoms with Gasteiger partial charge in [0.25, 0.3) is 5.91 Å². The third-order valence-corrected chi connectivity index (χ3v) is 4.97. The molecule has 1 amide bonds. The van der Waals surface area contributed by atoms with Crippen LogP contribution in [0.5, 0.6) is 0 Å². The van der Waals surface area contributed by atoms with E-state index < -0.39 is 5.97 Å². The highest BCUT2D eigenvalue weighted by atomic mass is 16.5. The van der Waals surface area contributed by atoms with Crippen molar-refractivity contribution in [2.24, 2.45) is 0 Å². The first-order valence-electron chi connectivity index (χ1n) is 9.61. The van der Waals surface area contributed by atoms with Crippen molar-refractivity contribution in [1.82, 2.24) is 20.3 Å². The number of carbonyl (C=O) groups is 2. The number of methoxy groups -OCH3 is 1. The second kappa shape index (κ2) is 8.69. The van der Waals surface area contributed by atoms with Gasteiger partial charge in [-0.25, -0.2) is 14.8 Å². The van der Waals surface area contributed by atoms with Gasteiger partial charge in [0.1, 0.15) is 0 Å². The van der Waals surface area contributed by atoms with Crippen molar-refractivity contribution in [1.29, 1.82) is 0 Å². The zero-order chi connectivity index (χ0) is 20.9. The fourth-order valence-electron chi connectivity index (χ4n) is 3.38. The quantitative estimate of drug-likeness (QED) is 0.653. The molecule has 4 rings (SSSR count). The number of aromatic nitrogens is 3. The number of hydrogen-bond acceptors (Lipinski definition) is 7. The Kier molecular flexibility index (Phi) is 5.65. The number of nitrogens with zero attached hydrogens (tertiary/aromatic N) is 4. The summed E-state index contributed by atoms with van der Waals surface area (Å²) < 4.78 is 4.67. The van der Waals surface area contributed by atoms with Gasteiger partial charge < -0.3 is 15.0 Å². The molecule has 0 saturated carbocycles. The number of hydrogen-bond donors (Lipinski definition) is 1. The molecule has 1 unspecified atom stereocenters. The van der Waals surface area contributed by atoms with Crippen LogP contribution in [0.3, 0.4) is 0 Å². The number of anilines is 1. The largest absolute Gasteiger partial charge is 0.465 e. The summed E-state index contributed by atoms with van der Waals surface area (Å²) in [6, 6.07) is 12.1. The fourth-order valence-corrected chi connectivity index (χ4v) is 3.38. The Hall–Kier alpha value is -3.81. The lowest BCUT2D eigenvalue weighted by Gasteiger charge is -2.17. The minimum atomic E-state index is -0.429. The number of amides is 1. The summed E-state index contributed by atoms with van der Waals surface area (Å²) in [6.45, 7) is 1.38. The second-order valence-corrected chi connectivity index (χ2v) is 6.96. The molecule has 2 aromatic heterocycles. The number of pyridine rings is 1. The van der Waals surface area contributed by atoms with Crippen LogP contribution in [-0.4, -0.2) is 53.1 Å². The molecule has 1 saturated heterocycles. The monoisotopic (exact) mass is 403 g/mol. The van der Waals surface area contributed by atoms with Crippen LogP contribution in [0, 0.1) is 0 Å². The molecule has 3 aromatic rings. The molecule has 8 heteroatoms. The van der Waals surface area contributed by atoms with Crippen LogP contribution >= 0.6 is 0 Å². The maximum atomic E-state index is 12.5. The molecule has 1 aromatic carbocycles. The van der Waals surface area contributed by atoms with Crippen molar-refractivity contribution < 1.29 is 14.3 Å². The van der Waals surface area contributed by atoms with E-state index in [1.165, 1.54) is 7.11 Å². The first-order valence-corrected chi connectivity index (χ1v) is 9.61. The summed E-state index contributed by atoms with van der Waals surface area (Å²) in [6.07, 6.45) is 6.03. The molecule has 8 nitrogen and oxygen atoms in total. The Morgan fingerprint density at radius 3 is 2.63 bits per heavy atom. The van der Waals surface area contributed by atoms with Gasteiger partial charge in [-0.3, -0.25) is 9.78 Å². The van der Waals surface area contributed by atoms with Gasteiger partial charge in [-0.05, 0) is 48.9 Å². The van der Waals surface area contributed by atoms with E-state index in [0.29, 0.717) is 23.6 Å². The number of nitrogens with one attached hydrogen (secondary N) is 1. The van der Waals surface area contributed by atoms with Crippen molar-refractivity contribution >= 4 is 17.8 Å². The summed E-state index contributed by atoms with van der Waals surface area (Å²) in [4.78, 5) is 39.3. The number of ether oxygens (including phenoxy) is 1. The minimum Gasteiger partial charge on any atom is -0.465 e. The van der Waals surface area contributed by atoms with Crippen LogP contribution in [0.25, 0.3) is 11.3 Å². The van der Waals surface area contributed by atoms with Gasteiger partial charge in [-0.15, -0.1) is 0 Å². The van der Waals surface area contributed by atoms with Crippen LogP contribution in [-0.2, 0) is 4.74 Å². The fraction of sp³-hybridized carbons (Fsp3) is 0.227. The van der Waals surface area contributed by atoms with E-state index in [-0.39, 0.29) is 11.9 Å². The lowest BCUT2D eigenvalue weighted by Crippen LogP contribution is -2.37. The van der Waals surface area contributed by atoms with E-state index >= 15 is 0 Å². The minimum absolute atomic E-state index is 0.0107. The average molecular weight is 403 g/mol. The van der Waals surface area contributed by atoms with Crippen LogP contribution in [0.2, 0.25) is 0 Å². The van der Waals surface area contributed by atoms with Crippen molar-refractivity contribution in [3.63, 3.8) is 0 Å². The van der Waals surface area contributed by atoms with E-state index in [4.69, 9.17) is 0 Å². The van der Waals surface area contributed by atoms with E-state index in [0.717, 1.165) is 24.2 Å². The van der Waals surface area contributed by atoms with Crippen molar-refractivity contribution in [3.05, 3.63) is 72.2 Å². The second-order valence-electron chi connectivity index (χ2n) is 6.96. The Labute approximate surface area is 173 Å². The Balaban J connectivity index is 1.39. The molecule has 30 heavy (non-hydrogen) atoms. The summed E-state index contributed by atoms with van der Waals surface area (Å²) in [5.74, 6) is 0.0285. The van der Waals surface area contributed by atoms with Crippen LogP contribution in [0.15, 0.2) is 61.1 Å². The van der Waals surface area contributed by atoms with E-state index in [2.05, 4.69) is 29.9 Å². The van der Waals surface area contributed by atoms with Gasteiger partial charge in [0, 0.05) is 48.8 Å². The number of esters is 1. The molecular formula is C22H21N5O3. The van der Waals surface area contributed by atoms with Gasteiger partial charge in [0.2, 0.25) is 5.95 Å². The van der Waals surface area contributed by atoms with Crippen LogP contribution < -0.4 is 10.2 Å². The van der Waals surface area contributed by atoms with Gasteiger partial charge in [0.05, 0.1) is 18.4 Å². The molecule has 1 aliphatic heterocycles. The maximum Gasteiger partial charge on any atom is 0.337 e. The summed E-state index contributed by atoms with van der Waals surface area (Å²) in [5.41, 5.74) is 2.65. The van der Waals surface area contributed by atoms with E-state index in [1.807, 2.05) is 18.2 Å². The van der Waals surface area contributed by atoms with E-state index in [9.17, 15) is 9.59 Å². The topological polar surface area (TPSA) is 97.3 Å². The SMILES string of the molecule is COC(=O)c1ccc(C(=O)NC2CCN(c3nccc(-c4cccnc4)n3)C2)cc1. The molecule has 3 heterocycles. The van der Waals surface area contributed by atoms with Crippen LogP contribution in [0.1, 0.15) is 27.1 Å². The number of benzene rings is 1. The normalized spacial score (nSPS) is 15.6. The molecule has 0 aliphatic carbocycles. The third kappa shape index (κ3) is 4.27. The zero-order valence-electron chi connectivity index (χ0n) is 16.5. The maximum absolute atomic E-state index is 12.5. The first-order chi connectivity index (χ1) is 14.6. The standard InChI is InChI=1S/C22H21N5O3/c1-30-21(29)16-6-4-15(5-7-16)20(28)25-18-9-12-27(14-18)22-24-11-8-19(26-22)17-3-2-10-23-13-17/h2-8,10-11,13,18H,9,12,14H2,1H3,(H,25,28). The molecule has 0 bridgehead atoms. The van der Waals surface area contributed by atoms with Crippen molar-refractivity contribution in [2.75, 3.05) is 25.1 Å². The predicted octanol–water partition coefficient (Wildman–Crippen LogP) is 2.33. The van der Waals surface area contributed by atoms with Gasteiger partial charge in [-0.1, -0.05) is 0 Å². The lowest BCUT2D eigenvalue weighted by atomic mass is 10.1. The molecule has 0 spiro atoms. The Bertz CT molecular complexity index is 1040. The van der Waals surface area contributed by atoms with Crippen molar-refractivity contribution in [3.8, 4) is 11.3 Å². The lowest BCUT2D eigenvalue weighted by molar-refractivity contribution is 0.0600. The number of carbonyl (C=O) groups excluding carboxylic acids is 2. The molecule has 1 N–H and O–H groups in total. The summed E-state index contributed by atoms with van der Waals surface area (Å²) in [5, 5.41) is 3.04. The summed E-state index contributed by atoms with van der Waals surface area (Å²) >= 11 is 0. The molecule has 1 fully saturated rings. The predicted molar refractivity (Wildman–Crippen MR) is 111 cm³/mol. The number of rotatable bonds is 5. The Morgan fingerprint density at radius 1 is 1.10 bits per heavy atom. The average Bonchev–Trinajstić information content (AvgIpc) is 3.28. The van der Waals surface area contributed by atoms with E-state index in [1.54, 1.807) is 42.9 Å². The smallest absolute Gasteiger partial charge is 0.337 e. The van der Waals surface area contributed by atoms with Gasteiger partial charge in [0.15, 0.2) is 0 Å². The molecule has 152 valence electrons. The summed E-state index contributed by atoms with van der Waals surface area (Å²) in [7, 11) is 1.32. The highest BCUT2D eigenvalue weighted by Crippen LogP contribution is 2.21.